The van der Waals surface area contributed by atoms with Crippen molar-refractivity contribution in [3.63, 3.8) is 0 Å². The van der Waals surface area contributed by atoms with Crippen LogP contribution in [0.1, 0.15) is 34.6 Å². The number of fused-ring (bicyclic) bond motifs is 1. The van der Waals surface area contributed by atoms with Gasteiger partial charge in [0.25, 0.3) is 11.6 Å². The van der Waals surface area contributed by atoms with Gasteiger partial charge in [0.1, 0.15) is 0 Å². The second kappa shape index (κ2) is 7.67. The van der Waals surface area contributed by atoms with Gasteiger partial charge in [-0.3, -0.25) is 4.79 Å². The highest BCUT2D eigenvalue weighted by Crippen LogP contribution is 2.27. The third-order valence-corrected chi connectivity index (χ3v) is 5.56. The molecule has 0 atom stereocenters. The minimum absolute atomic E-state index is 0.00870. The first-order valence-corrected chi connectivity index (χ1v) is 9.61. The molecule has 0 aliphatic carbocycles. The lowest BCUT2D eigenvalue weighted by Crippen LogP contribution is -2.32. The number of aryl methyl sites for hydroxylation is 2. The molecule has 0 unspecified atom stereocenters. The van der Waals surface area contributed by atoms with Crippen molar-refractivity contribution in [1.29, 1.82) is 0 Å². The summed E-state index contributed by atoms with van der Waals surface area (Å²) in [6.45, 7) is 6.02. The van der Waals surface area contributed by atoms with Gasteiger partial charge in [-0.2, -0.15) is 18.2 Å². The van der Waals surface area contributed by atoms with Gasteiger partial charge in [-0.1, -0.05) is 11.6 Å². The molecule has 0 aromatic carbocycles. The maximum Gasteiger partial charge on any atom is 0.453 e. The normalized spacial score (nSPS) is 12.0. The molecule has 0 aliphatic heterocycles. The van der Waals surface area contributed by atoms with E-state index in [-0.39, 0.29) is 18.1 Å². The van der Waals surface area contributed by atoms with Gasteiger partial charge in [0.15, 0.2) is 0 Å². The minimum atomic E-state index is -4.66. The molecule has 150 valence electrons. The van der Waals surface area contributed by atoms with Gasteiger partial charge >= 0.3 is 6.18 Å². The monoisotopic (exact) mass is 431 g/mol. The van der Waals surface area contributed by atoms with Crippen molar-refractivity contribution in [2.75, 3.05) is 6.54 Å². The van der Waals surface area contributed by atoms with Gasteiger partial charge in [0.05, 0.1) is 17.3 Å². The first-order chi connectivity index (χ1) is 13.1. The largest absolute Gasteiger partial charge is 0.453 e. The quantitative estimate of drug-likeness (QED) is 0.611. The molecule has 0 aliphatic rings. The maximum atomic E-state index is 12.9. The molecular weight excluding hydrogens is 415 g/mol. The first-order valence-electron chi connectivity index (χ1n) is 8.42. The fourth-order valence-corrected chi connectivity index (χ4v) is 3.95. The van der Waals surface area contributed by atoms with E-state index in [1.165, 1.54) is 11.3 Å². The summed E-state index contributed by atoms with van der Waals surface area (Å²) in [7, 11) is 0. The Labute approximate surface area is 168 Å². The van der Waals surface area contributed by atoms with Crippen LogP contribution in [-0.2, 0) is 23.9 Å². The van der Waals surface area contributed by atoms with E-state index in [2.05, 4.69) is 15.1 Å². The number of aromatic nitrogens is 4. The molecule has 3 heterocycles. The Morgan fingerprint density at radius 3 is 2.57 bits per heavy atom. The van der Waals surface area contributed by atoms with Crippen molar-refractivity contribution in [3.8, 4) is 0 Å². The predicted molar refractivity (Wildman–Crippen MR) is 99.4 cm³/mol. The lowest BCUT2D eigenvalue weighted by atomic mass is 10.1. The van der Waals surface area contributed by atoms with E-state index in [0.717, 1.165) is 9.39 Å². The highest BCUT2D eigenvalue weighted by molar-refractivity contribution is 7.16. The fourth-order valence-electron chi connectivity index (χ4n) is 2.85. The van der Waals surface area contributed by atoms with E-state index < -0.39 is 12.0 Å². The van der Waals surface area contributed by atoms with Gasteiger partial charge in [0.2, 0.25) is 5.91 Å². The minimum Gasteiger partial charge on any atom is -0.338 e. The van der Waals surface area contributed by atoms with Crippen LogP contribution in [0.4, 0.5) is 13.2 Å². The predicted octanol–water partition coefficient (Wildman–Crippen LogP) is 4.07. The molecular formula is C17H17ClF3N5OS. The molecule has 0 spiro atoms. The molecule has 3 rings (SSSR count). The van der Waals surface area contributed by atoms with E-state index in [1.54, 1.807) is 24.8 Å². The number of halogens is 4. The van der Waals surface area contributed by atoms with Crippen molar-refractivity contribution in [2.24, 2.45) is 0 Å². The van der Waals surface area contributed by atoms with Crippen molar-refractivity contribution in [2.45, 2.75) is 39.9 Å². The van der Waals surface area contributed by atoms with Crippen LogP contribution < -0.4 is 0 Å². The molecule has 6 nitrogen and oxygen atoms in total. The molecule has 11 heteroatoms. The highest BCUT2D eigenvalue weighted by atomic mass is 35.5. The van der Waals surface area contributed by atoms with Crippen LogP contribution in [-0.4, -0.2) is 36.9 Å². The number of hydrogen-bond donors (Lipinski definition) is 0. The summed E-state index contributed by atoms with van der Waals surface area (Å²) in [5.74, 6) is -1.55. The summed E-state index contributed by atoms with van der Waals surface area (Å²) in [6, 6.07) is 3.64. The number of carbonyl (C=O) groups excluding carboxylic acids is 1. The molecule has 0 saturated carbocycles. The Morgan fingerprint density at radius 2 is 2.00 bits per heavy atom. The van der Waals surface area contributed by atoms with Gasteiger partial charge < -0.3 is 4.90 Å². The van der Waals surface area contributed by atoms with Gasteiger partial charge in [-0.25, -0.2) is 9.50 Å². The first kappa shape index (κ1) is 20.5. The molecule has 0 saturated heterocycles. The topological polar surface area (TPSA) is 63.4 Å². The Hall–Kier alpha value is -2.20. The Kier molecular flexibility index (Phi) is 5.62. The molecule has 1 amide bonds. The van der Waals surface area contributed by atoms with Gasteiger partial charge in [-0.15, -0.1) is 16.4 Å². The highest BCUT2D eigenvalue weighted by Gasteiger charge is 2.37. The number of alkyl halides is 3. The third-order valence-electron chi connectivity index (χ3n) is 4.34. The van der Waals surface area contributed by atoms with E-state index in [1.807, 2.05) is 13.0 Å². The fraction of sp³-hybridized carbons (Fsp3) is 0.412. The molecule has 28 heavy (non-hydrogen) atoms. The van der Waals surface area contributed by atoms with Crippen molar-refractivity contribution in [3.05, 3.63) is 44.1 Å². The summed E-state index contributed by atoms with van der Waals surface area (Å²) >= 11 is 7.34. The third kappa shape index (κ3) is 4.12. The van der Waals surface area contributed by atoms with Crippen LogP contribution in [0.15, 0.2) is 12.1 Å². The van der Waals surface area contributed by atoms with Crippen LogP contribution in [0.25, 0.3) is 5.78 Å². The zero-order valence-corrected chi connectivity index (χ0v) is 16.9. The SMILES string of the molecule is CCN(Cc1ccc(Cl)s1)C(=O)Cc1c(C)nc2nc(C(F)(F)F)nn2c1C. The number of hydrogen-bond acceptors (Lipinski definition) is 5. The van der Waals surface area contributed by atoms with Crippen molar-refractivity contribution >= 4 is 34.6 Å². The summed E-state index contributed by atoms with van der Waals surface area (Å²) < 4.78 is 40.4. The summed E-state index contributed by atoms with van der Waals surface area (Å²) in [4.78, 5) is 23.0. The van der Waals surface area contributed by atoms with Crippen LogP contribution in [0.5, 0.6) is 0 Å². The van der Waals surface area contributed by atoms with Crippen LogP contribution >= 0.6 is 22.9 Å². The van der Waals surface area contributed by atoms with E-state index in [4.69, 9.17) is 11.6 Å². The lowest BCUT2D eigenvalue weighted by molar-refractivity contribution is -0.144. The lowest BCUT2D eigenvalue weighted by Gasteiger charge is -2.21. The maximum absolute atomic E-state index is 12.9. The number of nitrogens with zero attached hydrogens (tertiary/aromatic N) is 5. The van der Waals surface area contributed by atoms with E-state index in [0.29, 0.717) is 34.4 Å². The zero-order chi connectivity index (χ0) is 20.6. The molecule has 3 aromatic heterocycles. The average molecular weight is 432 g/mol. The number of carbonyl (C=O) groups is 1. The van der Waals surface area contributed by atoms with Crippen molar-refractivity contribution in [1.82, 2.24) is 24.5 Å². The molecule has 3 aromatic rings. The van der Waals surface area contributed by atoms with Crippen LogP contribution in [0, 0.1) is 13.8 Å². The van der Waals surface area contributed by atoms with Crippen LogP contribution in [0.3, 0.4) is 0 Å². The molecule has 0 N–H and O–H groups in total. The second-order valence-corrected chi connectivity index (χ2v) is 8.00. The number of likely N-dealkylation sites (N-methyl/N-ethyl adjacent to an activating group) is 1. The second-order valence-electron chi connectivity index (χ2n) is 6.20. The molecule has 0 radical (unpaired) electrons. The molecule has 0 bridgehead atoms. The molecule has 0 fully saturated rings. The number of rotatable bonds is 5. The van der Waals surface area contributed by atoms with Gasteiger partial charge in [0, 0.05) is 28.4 Å². The zero-order valence-electron chi connectivity index (χ0n) is 15.3. The smallest absolute Gasteiger partial charge is 0.338 e. The van der Waals surface area contributed by atoms with Crippen LogP contribution in [0.2, 0.25) is 4.34 Å². The standard InChI is InChI=1S/C17H17ClF3N5OS/c1-4-25(8-11-5-6-13(18)28-11)14(27)7-12-9(2)22-16-23-15(17(19,20)21)24-26(16)10(12)3/h5-6H,4,7-8H2,1-3H3. The summed E-state index contributed by atoms with van der Waals surface area (Å²) in [5.41, 5.74) is 1.41. The Balaban J connectivity index is 1.88. The van der Waals surface area contributed by atoms with E-state index in [9.17, 15) is 18.0 Å². The summed E-state index contributed by atoms with van der Waals surface area (Å²) in [6.07, 6.45) is -4.65. The van der Waals surface area contributed by atoms with Gasteiger partial charge in [-0.05, 0) is 32.9 Å². The Morgan fingerprint density at radius 1 is 1.29 bits per heavy atom. The Bertz CT molecular complexity index is 1030. The average Bonchev–Trinajstić information content (AvgIpc) is 3.22. The summed E-state index contributed by atoms with van der Waals surface area (Å²) in [5, 5.41) is 3.51. The number of amides is 1. The van der Waals surface area contributed by atoms with Crippen molar-refractivity contribution < 1.29 is 18.0 Å². The number of thiophene rings is 1. The van der Waals surface area contributed by atoms with E-state index >= 15 is 0 Å².